The molecule has 1 aliphatic heterocycles. The van der Waals surface area contributed by atoms with Gasteiger partial charge in [0.15, 0.2) is 23.0 Å². The highest BCUT2D eigenvalue weighted by atomic mass is 16.5. The molecule has 10 heteroatoms. The summed E-state index contributed by atoms with van der Waals surface area (Å²) in [5, 5.41) is 3.54. The van der Waals surface area contributed by atoms with E-state index in [2.05, 4.69) is 15.2 Å². The highest BCUT2D eigenvalue weighted by Crippen LogP contribution is 2.32. The summed E-state index contributed by atoms with van der Waals surface area (Å²) in [6, 6.07) is 11.5. The molecule has 1 aliphatic carbocycles. The summed E-state index contributed by atoms with van der Waals surface area (Å²) in [6.45, 7) is 9.93. The summed E-state index contributed by atoms with van der Waals surface area (Å²) < 4.78 is 22.1. The predicted molar refractivity (Wildman–Crippen MR) is 168 cm³/mol. The van der Waals surface area contributed by atoms with Crippen LogP contribution in [0.15, 0.2) is 40.8 Å². The second kappa shape index (κ2) is 14.4. The molecule has 2 unspecified atom stereocenters. The Morgan fingerprint density at radius 3 is 2.50 bits per heavy atom. The first-order chi connectivity index (χ1) is 21.3. The first kappa shape index (κ1) is 31.8. The predicted octanol–water partition coefficient (Wildman–Crippen LogP) is 4.48. The van der Waals surface area contributed by atoms with E-state index in [9.17, 15) is 9.59 Å². The molecule has 1 aromatic heterocycles. The second-order valence-corrected chi connectivity index (χ2v) is 12.3. The van der Waals surface area contributed by atoms with E-state index in [-0.39, 0.29) is 29.7 Å². The fourth-order valence-electron chi connectivity index (χ4n) is 6.04. The Balaban J connectivity index is 1.25. The van der Waals surface area contributed by atoms with Crippen molar-refractivity contribution < 1.29 is 28.2 Å². The van der Waals surface area contributed by atoms with E-state index >= 15 is 0 Å². The molecule has 5 rings (SSSR count). The molecule has 2 fully saturated rings. The molecular formula is C34H46N4O6. The van der Waals surface area contributed by atoms with Crippen molar-refractivity contribution in [1.82, 2.24) is 20.1 Å². The fourth-order valence-corrected chi connectivity index (χ4v) is 6.04. The van der Waals surface area contributed by atoms with Gasteiger partial charge >= 0.3 is 0 Å². The molecule has 1 N–H and O–H groups in total. The van der Waals surface area contributed by atoms with Gasteiger partial charge in [0.1, 0.15) is 5.52 Å². The Morgan fingerprint density at radius 1 is 1.02 bits per heavy atom. The van der Waals surface area contributed by atoms with Crippen molar-refractivity contribution in [2.75, 3.05) is 53.6 Å². The van der Waals surface area contributed by atoms with E-state index in [4.69, 9.17) is 18.6 Å². The number of methoxy groups -OCH3 is 2. The molecule has 10 nitrogen and oxygen atoms in total. The lowest BCUT2D eigenvalue weighted by atomic mass is 9.93. The van der Waals surface area contributed by atoms with Crippen LogP contribution in [0.2, 0.25) is 0 Å². The quantitative estimate of drug-likeness (QED) is 0.253. The zero-order valence-electron chi connectivity index (χ0n) is 26.6. The van der Waals surface area contributed by atoms with Crippen LogP contribution < -0.4 is 14.8 Å². The van der Waals surface area contributed by atoms with Gasteiger partial charge in [-0.05, 0) is 74.4 Å². The first-order valence-electron chi connectivity index (χ1n) is 15.7. The van der Waals surface area contributed by atoms with E-state index in [0.717, 1.165) is 49.0 Å². The Labute approximate surface area is 260 Å². The monoisotopic (exact) mass is 606 g/mol. The van der Waals surface area contributed by atoms with E-state index in [0.29, 0.717) is 61.7 Å². The third-order valence-electron chi connectivity index (χ3n) is 8.61. The van der Waals surface area contributed by atoms with Crippen LogP contribution in [-0.2, 0) is 16.0 Å². The summed E-state index contributed by atoms with van der Waals surface area (Å²) in [5.74, 6) is 2.36. The number of amides is 2. The molecule has 0 bridgehead atoms. The Hall–Kier alpha value is -3.63. The van der Waals surface area contributed by atoms with Crippen molar-refractivity contribution in [2.45, 2.75) is 58.5 Å². The van der Waals surface area contributed by atoms with Crippen LogP contribution in [0.5, 0.6) is 11.5 Å². The number of carbonyl (C=O) groups is 2. The number of benzene rings is 2. The van der Waals surface area contributed by atoms with Gasteiger partial charge in [0, 0.05) is 70.9 Å². The molecule has 1 saturated carbocycles. The number of hydrogen-bond acceptors (Lipinski definition) is 8. The number of aryl methyl sites for hydroxylation is 1. The molecule has 2 amide bonds. The van der Waals surface area contributed by atoms with Crippen LogP contribution in [0.25, 0.3) is 11.1 Å². The van der Waals surface area contributed by atoms with Crippen LogP contribution in [0.1, 0.15) is 54.9 Å². The third kappa shape index (κ3) is 7.71. The topological polar surface area (TPSA) is 106 Å². The van der Waals surface area contributed by atoms with Crippen LogP contribution in [0.3, 0.4) is 0 Å². The maximum Gasteiger partial charge on any atom is 0.254 e. The van der Waals surface area contributed by atoms with Crippen molar-refractivity contribution in [3.63, 3.8) is 0 Å². The molecule has 2 aromatic carbocycles. The molecule has 0 spiro atoms. The molecular weight excluding hydrogens is 560 g/mol. The molecule has 0 radical (unpaired) electrons. The van der Waals surface area contributed by atoms with E-state index in [1.165, 1.54) is 0 Å². The van der Waals surface area contributed by atoms with E-state index in [1.54, 1.807) is 32.4 Å². The lowest BCUT2D eigenvalue weighted by molar-refractivity contribution is -0.131. The van der Waals surface area contributed by atoms with Crippen LogP contribution in [-0.4, -0.2) is 92.3 Å². The van der Waals surface area contributed by atoms with Crippen molar-refractivity contribution in [3.8, 4) is 11.5 Å². The average molecular weight is 607 g/mol. The van der Waals surface area contributed by atoms with Gasteiger partial charge in [-0.2, -0.15) is 0 Å². The summed E-state index contributed by atoms with van der Waals surface area (Å²) in [7, 11) is 3.26. The van der Waals surface area contributed by atoms with Crippen molar-refractivity contribution in [3.05, 3.63) is 53.4 Å². The van der Waals surface area contributed by atoms with Crippen LogP contribution in [0, 0.1) is 18.8 Å². The third-order valence-corrected chi connectivity index (χ3v) is 8.61. The number of hydrogen-bond donors (Lipinski definition) is 1. The van der Waals surface area contributed by atoms with Gasteiger partial charge in [0.2, 0.25) is 5.91 Å². The molecule has 44 heavy (non-hydrogen) atoms. The fraction of sp³-hybridized carbons (Fsp3) is 0.559. The Morgan fingerprint density at radius 2 is 1.80 bits per heavy atom. The molecule has 2 atom stereocenters. The average Bonchev–Trinajstić information content (AvgIpc) is 3.64. The second-order valence-electron chi connectivity index (χ2n) is 12.3. The summed E-state index contributed by atoms with van der Waals surface area (Å²) in [6.07, 6.45) is 3.17. The minimum absolute atomic E-state index is 0.00757. The van der Waals surface area contributed by atoms with E-state index < -0.39 is 0 Å². The van der Waals surface area contributed by atoms with Crippen LogP contribution in [0.4, 0.5) is 0 Å². The number of fused-ring (bicyclic) bond motifs is 1. The molecule has 2 aliphatic rings. The number of rotatable bonds is 15. The Bertz CT molecular complexity index is 1430. The van der Waals surface area contributed by atoms with Gasteiger partial charge in [0.25, 0.3) is 5.91 Å². The normalized spacial score (nSPS) is 18.1. The summed E-state index contributed by atoms with van der Waals surface area (Å²) in [5.41, 5.74) is 3.03. The molecule has 3 aromatic rings. The smallest absolute Gasteiger partial charge is 0.254 e. The lowest BCUT2D eigenvalue weighted by Crippen LogP contribution is -2.45. The van der Waals surface area contributed by atoms with Gasteiger partial charge in [-0.15, -0.1) is 0 Å². The van der Waals surface area contributed by atoms with Gasteiger partial charge in [0.05, 0.1) is 20.1 Å². The number of oxazole rings is 1. The van der Waals surface area contributed by atoms with Gasteiger partial charge in [-0.3, -0.25) is 9.59 Å². The van der Waals surface area contributed by atoms with Crippen molar-refractivity contribution in [1.29, 1.82) is 0 Å². The van der Waals surface area contributed by atoms with Crippen molar-refractivity contribution >= 4 is 22.9 Å². The van der Waals surface area contributed by atoms with Crippen molar-refractivity contribution in [2.24, 2.45) is 11.8 Å². The molecule has 1 saturated heterocycles. The number of nitrogens with one attached hydrogen (secondary N) is 1. The van der Waals surface area contributed by atoms with E-state index in [1.807, 2.05) is 43.9 Å². The summed E-state index contributed by atoms with van der Waals surface area (Å²) in [4.78, 5) is 35.9. The maximum atomic E-state index is 13.9. The number of aromatic nitrogens is 1. The molecule has 238 valence electrons. The standard InChI is InChI=1S/C34H46N4O6/c1-22(2)37(34(40)25-8-12-31(42-5)32(17-25)43-14-6-13-41-4)20-26-18-35-19-27(26)21-38(28-9-10-28)33(39)16-24-7-11-30-29(15-24)36-23(3)44-30/h7-8,11-12,15,17,22,26-28,35H,6,9-10,13-14,16,18-21H2,1-5H3. The summed E-state index contributed by atoms with van der Waals surface area (Å²) >= 11 is 0. The van der Waals surface area contributed by atoms with Gasteiger partial charge < -0.3 is 33.7 Å². The minimum atomic E-state index is -0.0383. The maximum absolute atomic E-state index is 13.9. The zero-order chi connectivity index (χ0) is 31.2. The minimum Gasteiger partial charge on any atom is -0.493 e. The van der Waals surface area contributed by atoms with Gasteiger partial charge in [-0.25, -0.2) is 4.98 Å². The van der Waals surface area contributed by atoms with Gasteiger partial charge in [-0.1, -0.05) is 6.07 Å². The number of carbonyl (C=O) groups excluding carboxylic acids is 2. The SMILES string of the molecule is COCCCOc1cc(C(=O)N(CC2CNCC2CN(C(=O)Cc2ccc3oc(C)nc3c2)C2CC2)C(C)C)ccc1OC. The highest BCUT2D eigenvalue weighted by molar-refractivity contribution is 5.95. The largest absolute Gasteiger partial charge is 0.493 e. The Kier molecular flexibility index (Phi) is 10.4. The van der Waals surface area contributed by atoms with Crippen LogP contribution >= 0.6 is 0 Å². The number of ether oxygens (including phenoxy) is 3. The number of nitrogens with zero attached hydrogens (tertiary/aromatic N) is 3. The highest BCUT2D eigenvalue weighted by Gasteiger charge is 2.38. The lowest BCUT2D eigenvalue weighted by Gasteiger charge is -2.34. The zero-order valence-corrected chi connectivity index (χ0v) is 26.6. The first-order valence-corrected chi connectivity index (χ1v) is 15.7. The molecule has 2 heterocycles.